The van der Waals surface area contributed by atoms with Crippen LogP contribution >= 0.6 is 0 Å². The highest BCUT2D eigenvalue weighted by atomic mass is 16.5. The molecule has 2 aromatic heterocycles. The number of nitrogens with one attached hydrogen (secondary N) is 1. The zero-order valence-electron chi connectivity index (χ0n) is 12.5. The summed E-state index contributed by atoms with van der Waals surface area (Å²) in [7, 11) is 4.34. The highest BCUT2D eigenvalue weighted by molar-refractivity contribution is 5.96. The van der Waals surface area contributed by atoms with Crippen molar-refractivity contribution in [2.24, 2.45) is 19.8 Å². The first-order chi connectivity index (χ1) is 10.4. The summed E-state index contributed by atoms with van der Waals surface area (Å²) in [5, 5.41) is 2.78. The maximum absolute atomic E-state index is 12.1. The number of methoxy groups -OCH3 is 1. The van der Waals surface area contributed by atoms with Crippen LogP contribution in [0.4, 0.5) is 5.69 Å². The summed E-state index contributed by atoms with van der Waals surface area (Å²) in [6.07, 6.45) is 1.36. The minimum Gasteiger partial charge on any atom is -0.383 e. The molecule has 0 aliphatic rings. The van der Waals surface area contributed by atoms with Crippen LogP contribution in [0.25, 0.3) is 11.0 Å². The predicted molar refractivity (Wildman–Crippen MR) is 80.7 cm³/mol. The largest absolute Gasteiger partial charge is 0.383 e. The average molecular weight is 307 g/mol. The molecule has 0 saturated heterocycles. The lowest BCUT2D eigenvalue weighted by Gasteiger charge is -2.12. The molecule has 0 fully saturated rings. The topological polar surface area (TPSA) is 121 Å². The normalized spacial score (nSPS) is 12.4. The van der Waals surface area contributed by atoms with Crippen LogP contribution in [-0.2, 0) is 23.6 Å². The van der Waals surface area contributed by atoms with Crippen molar-refractivity contribution >= 4 is 22.6 Å². The van der Waals surface area contributed by atoms with Gasteiger partial charge in [-0.3, -0.25) is 18.7 Å². The number of carbonyl (C=O) groups is 1. The summed E-state index contributed by atoms with van der Waals surface area (Å²) in [6, 6.07) is 0.630. The van der Waals surface area contributed by atoms with Gasteiger partial charge in [-0.15, -0.1) is 0 Å². The van der Waals surface area contributed by atoms with Crippen LogP contribution in [0.3, 0.4) is 0 Å². The van der Waals surface area contributed by atoms with Crippen molar-refractivity contribution in [1.29, 1.82) is 0 Å². The SMILES string of the molecule is COCC(N)C(=O)Nc1cnc2c(c1)c(=O)n(C)c(=O)n2C. The molecule has 2 aromatic rings. The van der Waals surface area contributed by atoms with E-state index in [4.69, 9.17) is 10.5 Å². The van der Waals surface area contributed by atoms with Gasteiger partial charge in [-0.2, -0.15) is 0 Å². The Morgan fingerprint density at radius 3 is 2.73 bits per heavy atom. The number of anilines is 1. The van der Waals surface area contributed by atoms with Crippen LogP contribution < -0.4 is 22.3 Å². The van der Waals surface area contributed by atoms with Crippen LogP contribution in [0.5, 0.6) is 0 Å². The number of nitrogens with zero attached hydrogens (tertiary/aromatic N) is 3. The van der Waals surface area contributed by atoms with Gasteiger partial charge < -0.3 is 15.8 Å². The van der Waals surface area contributed by atoms with E-state index in [0.29, 0.717) is 5.69 Å². The van der Waals surface area contributed by atoms with E-state index >= 15 is 0 Å². The van der Waals surface area contributed by atoms with E-state index in [1.54, 1.807) is 0 Å². The Kier molecular flexibility index (Phi) is 4.38. The molecule has 22 heavy (non-hydrogen) atoms. The summed E-state index contributed by atoms with van der Waals surface area (Å²) in [5.41, 5.74) is 5.23. The molecule has 0 saturated carbocycles. The van der Waals surface area contributed by atoms with Gasteiger partial charge in [0.2, 0.25) is 5.91 Å². The maximum Gasteiger partial charge on any atom is 0.332 e. The Morgan fingerprint density at radius 1 is 1.41 bits per heavy atom. The number of carbonyl (C=O) groups excluding carboxylic acids is 1. The van der Waals surface area contributed by atoms with Gasteiger partial charge in [0.25, 0.3) is 5.56 Å². The molecule has 1 unspecified atom stereocenters. The molecule has 1 atom stereocenters. The number of aryl methyl sites for hydroxylation is 1. The monoisotopic (exact) mass is 307 g/mol. The number of ether oxygens (including phenoxy) is 1. The molecule has 0 bridgehead atoms. The third-order valence-corrected chi connectivity index (χ3v) is 3.24. The lowest BCUT2D eigenvalue weighted by molar-refractivity contribution is -0.118. The lowest BCUT2D eigenvalue weighted by Crippen LogP contribution is -2.39. The van der Waals surface area contributed by atoms with E-state index in [0.717, 1.165) is 4.57 Å². The van der Waals surface area contributed by atoms with Crippen LogP contribution in [0, 0.1) is 0 Å². The van der Waals surface area contributed by atoms with Gasteiger partial charge in [0.15, 0.2) is 0 Å². The minimum atomic E-state index is -0.830. The summed E-state index contributed by atoms with van der Waals surface area (Å²) in [4.78, 5) is 39.8. The number of amides is 1. The molecule has 9 nitrogen and oxygen atoms in total. The number of fused-ring (bicyclic) bond motifs is 1. The van der Waals surface area contributed by atoms with Crippen LogP contribution in [0.2, 0.25) is 0 Å². The number of hydrogen-bond acceptors (Lipinski definition) is 6. The van der Waals surface area contributed by atoms with Gasteiger partial charge in [-0.1, -0.05) is 0 Å². The molecule has 0 spiro atoms. The summed E-state index contributed by atoms with van der Waals surface area (Å²) in [5.74, 6) is -0.454. The Balaban J connectivity index is 2.46. The first kappa shape index (κ1) is 15.9. The fraction of sp³-hybridized carbons (Fsp3) is 0.385. The Morgan fingerprint density at radius 2 is 2.09 bits per heavy atom. The Labute approximate surface area is 125 Å². The number of hydrogen-bond donors (Lipinski definition) is 2. The first-order valence-electron chi connectivity index (χ1n) is 6.48. The van der Waals surface area contributed by atoms with E-state index < -0.39 is 23.2 Å². The van der Waals surface area contributed by atoms with Gasteiger partial charge in [0, 0.05) is 21.2 Å². The third-order valence-electron chi connectivity index (χ3n) is 3.24. The van der Waals surface area contributed by atoms with E-state index in [9.17, 15) is 14.4 Å². The van der Waals surface area contributed by atoms with Gasteiger partial charge in [0.05, 0.1) is 23.9 Å². The molecule has 3 N–H and O–H groups in total. The van der Waals surface area contributed by atoms with Gasteiger partial charge in [-0.25, -0.2) is 9.78 Å². The fourth-order valence-electron chi connectivity index (χ4n) is 2.02. The van der Waals surface area contributed by atoms with Gasteiger partial charge in [-0.05, 0) is 6.07 Å². The molecule has 0 radical (unpaired) electrons. The molecule has 1 amide bonds. The van der Waals surface area contributed by atoms with E-state index in [1.807, 2.05) is 0 Å². The summed E-state index contributed by atoms with van der Waals surface area (Å²) >= 11 is 0. The molecule has 9 heteroatoms. The number of nitrogens with two attached hydrogens (primary N) is 1. The number of rotatable bonds is 4. The predicted octanol–water partition coefficient (Wildman–Crippen LogP) is -1.46. The summed E-state index contributed by atoms with van der Waals surface area (Å²) < 4.78 is 7.04. The van der Waals surface area contributed by atoms with Crippen molar-refractivity contribution in [3.8, 4) is 0 Å². The molecular formula is C13H17N5O4. The molecule has 118 valence electrons. The Bertz CT molecular complexity index is 839. The minimum absolute atomic E-state index is 0.0725. The zero-order valence-corrected chi connectivity index (χ0v) is 12.5. The molecule has 0 aromatic carbocycles. The second-order valence-electron chi connectivity index (χ2n) is 4.85. The van der Waals surface area contributed by atoms with Crippen molar-refractivity contribution in [2.75, 3.05) is 19.0 Å². The maximum atomic E-state index is 12.1. The molecule has 2 heterocycles. The van der Waals surface area contributed by atoms with Gasteiger partial charge >= 0.3 is 5.69 Å². The van der Waals surface area contributed by atoms with E-state index in [1.165, 1.54) is 38.0 Å². The van der Waals surface area contributed by atoms with Crippen LogP contribution in [0.15, 0.2) is 21.9 Å². The van der Waals surface area contributed by atoms with Crippen molar-refractivity contribution in [3.63, 3.8) is 0 Å². The molecule has 0 aliphatic carbocycles. The Hall–Kier alpha value is -2.52. The number of aromatic nitrogens is 3. The molecule has 2 rings (SSSR count). The first-order valence-corrected chi connectivity index (χ1v) is 6.48. The fourth-order valence-corrected chi connectivity index (χ4v) is 2.02. The smallest absolute Gasteiger partial charge is 0.332 e. The van der Waals surface area contributed by atoms with Crippen LogP contribution in [-0.4, -0.2) is 39.8 Å². The highest BCUT2D eigenvalue weighted by Gasteiger charge is 2.15. The number of pyridine rings is 1. The highest BCUT2D eigenvalue weighted by Crippen LogP contribution is 2.12. The lowest BCUT2D eigenvalue weighted by atomic mass is 10.2. The standard InChI is InChI=1S/C13H17N5O4/c1-17-10-8(12(20)18(2)13(17)21)4-7(5-15-10)16-11(19)9(14)6-22-3/h4-5,9H,6,14H2,1-3H3,(H,16,19). The zero-order chi connectivity index (χ0) is 16.4. The summed E-state index contributed by atoms with van der Waals surface area (Å²) in [6.45, 7) is 0.0725. The second kappa shape index (κ2) is 6.08. The van der Waals surface area contributed by atoms with E-state index in [2.05, 4.69) is 10.3 Å². The van der Waals surface area contributed by atoms with Crippen LogP contribution in [0.1, 0.15) is 0 Å². The molecule has 0 aliphatic heterocycles. The van der Waals surface area contributed by atoms with Crippen molar-refractivity contribution in [1.82, 2.24) is 14.1 Å². The van der Waals surface area contributed by atoms with Gasteiger partial charge in [0.1, 0.15) is 11.7 Å². The van der Waals surface area contributed by atoms with Crippen molar-refractivity contribution in [2.45, 2.75) is 6.04 Å². The van der Waals surface area contributed by atoms with Crippen molar-refractivity contribution in [3.05, 3.63) is 33.1 Å². The third kappa shape index (κ3) is 2.76. The van der Waals surface area contributed by atoms with E-state index in [-0.39, 0.29) is 17.6 Å². The second-order valence-corrected chi connectivity index (χ2v) is 4.85. The van der Waals surface area contributed by atoms with Crippen molar-refractivity contribution < 1.29 is 9.53 Å². The quantitative estimate of drug-likeness (QED) is 0.712. The average Bonchev–Trinajstić information content (AvgIpc) is 2.51. The molecular weight excluding hydrogens is 290 g/mol.